The Balaban J connectivity index is 2.17. The van der Waals surface area contributed by atoms with Gasteiger partial charge < -0.3 is 9.88 Å². The van der Waals surface area contributed by atoms with E-state index in [9.17, 15) is 0 Å². The summed E-state index contributed by atoms with van der Waals surface area (Å²) >= 11 is 10.5. The second-order valence-electron chi connectivity index (χ2n) is 3.59. The summed E-state index contributed by atoms with van der Waals surface area (Å²) in [6.07, 6.45) is 3.65. The molecule has 90 valence electrons. The first-order chi connectivity index (χ1) is 8.08. The number of benzene rings is 1. The molecule has 0 spiro atoms. The fourth-order valence-electron chi connectivity index (χ4n) is 1.44. The number of hydrogen-bond acceptors (Lipinski definition) is 2. The second-order valence-corrected chi connectivity index (χ2v) is 6.22. The summed E-state index contributed by atoms with van der Waals surface area (Å²) in [6, 6.07) is 4.02. The average molecular weight is 424 g/mol. The molecule has 0 aliphatic rings. The summed E-state index contributed by atoms with van der Waals surface area (Å²) in [4.78, 5) is 4.08. The van der Waals surface area contributed by atoms with Crippen molar-refractivity contribution in [3.8, 4) is 0 Å². The van der Waals surface area contributed by atoms with Crippen molar-refractivity contribution in [2.75, 3.05) is 5.32 Å². The predicted molar refractivity (Wildman–Crippen MR) is 80.1 cm³/mol. The van der Waals surface area contributed by atoms with Crippen LogP contribution in [-0.2, 0) is 13.6 Å². The molecule has 3 nitrogen and oxygen atoms in total. The highest BCUT2D eigenvalue weighted by molar-refractivity contribution is 9.11. The molecule has 0 atom stereocenters. The Hall–Kier alpha value is -0.330. The van der Waals surface area contributed by atoms with Crippen LogP contribution in [0.4, 0.5) is 5.69 Å². The first kappa shape index (κ1) is 13.1. The number of hydrogen-bond donors (Lipinski definition) is 1. The maximum absolute atomic E-state index is 4.08. The Labute approximate surface area is 125 Å². The maximum Gasteiger partial charge on any atom is 0.0946 e. The lowest BCUT2D eigenvalue weighted by molar-refractivity contribution is 0.837. The third-order valence-electron chi connectivity index (χ3n) is 2.37. The summed E-state index contributed by atoms with van der Waals surface area (Å²) < 4.78 is 5.05. The molecule has 1 aromatic heterocycles. The molecule has 2 aromatic rings. The topological polar surface area (TPSA) is 29.9 Å². The highest BCUT2D eigenvalue weighted by Gasteiger charge is 2.07. The molecular formula is C11H10Br3N3. The summed E-state index contributed by atoms with van der Waals surface area (Å²) in [5.41, 5.74) is 2.17. The van der Waals surface area contributed by atoms with Crippen molar-refractivity contribution in [1.82, 2.24) is 9.55 Å². The number of aryl methyl sites for hydroxylation is 1. The Morgan fingerprint density at radius 2 is 1.88 bits per heavy atom. The molecule has 0 fully saturated rings. The quantitative estimate of drug-likeness (QED) is 0.796. The molecule has 0 aliphatic carbocycles. The van der Waals surface area contributed by atoms with Crippen LogP contribution in [0, 0.1) is 0 Å². The Kier molecular flexibility index (Phi) is 4.27. The molecule has 1 N–H and O–H groups in total. The van der Waals surface area contributed by atoms with Gasteiger partial charge in [-0.3, -0.25) is 0 Å². The molecule has 0 radical (unpaired) electrons. The van der Waals surface area contributed by atoms with Gasteiger partial charge in [-0.05, 0) is 44.0 Å². The summed E-state index contributed by atoms with van der Waals surface area (Å²) in [5.74, 6) is 0. The third-order valence-corrected chi connectivity index (χ3v) is 4.08. The van der Waals surface area contributed by atoms with E-state index in [-0.39, 0.29) is 0 Å². The number of imidazole rings is 1. The van der Waals surface area contributed by atoms with Crippen molar-refractivity contribution in [1.29, 1.82) is 0 Å². The van der Waals surface area contributed by atoms with E-state index in [1.165, 1.54) is 0 Å². The monoisotopic (exact) mass is 421 g/mol. The second kappa shape index (κ2) is 5.54. The molecular weight excluding hydrogens is 414 g/mol. The van der Waals surface area contributed by atoms with Crippen molar-refractivity contribution >= 4 is 53.5 Å². The Bertz CT molecular complexity index is 514. The maximum atomic E-state index is 4.08. The lowest BCUT2D eigenvalue weighted by Gasteiger charge is -2.11. The summed E-state index contributed by atoms with van der Waals surface area (Å²) in [6.45, 7) is 0.731. The van der Waals surface area contributed by atoms with Gasteiger partial charge >= 0.3 is 0 Å². The van der Waals surface area contributed by atoms with Crippen molar-refractivity contribution in [3.05, 3.63) is 43.8 Å². The lowest BCUT2D eigenvalue weighted by atomic mass is 10.3. The number of nitrogens with zero attached hydrogens (tertiary/aromatic N) is 2. The number of anilines is 1. The van der Waals surface area contributed by atoms with Gasteiger partial charge in [-0.25, -0.2) is 4.98 Å². The molecule has 0 bridgehead atoms. The van der Waals surface area contributed by atoms with Gasteiger partial charge in [0.2, 0.25) is 0 Å². The van der Waals surface area contributed by atoms with E-state index in [0.29, 0.717) is 0 Å². The Morgan fingerprint density at radius 1 is 1.24 bits per heavy atom. The average Bonchev–Trinajstić information content (AvgIpc) is 2.62. The molecule has 0 saturated carbocycles. The van der Waals surface area contributed by atoms with Crippen LogP contribution in [0.25, 0.3) is 0 Å². The van der Waals surface area contributed by atoms with Gasteiger partial charge in [-0.1, -0.05) is 15.9 Å². The highest BCUT2D eigenvalue weighted by Crippen LogP contribution is 2.34. The van der Waals surface area contributed by atoms with Crippen LogP contribution in [0.3, 0.4) is 0 Å². The van der Waals surface area contributed by atoms with Crippen LogP contribution in [0.15, 0.2) is 38.1 Å². The van der Waals surface area contributed by atoms with Gasteiger partial charge in [0.05, 0.1) is 24.3 Å². The van der Waals surface area contributed by atoms with Crippen molar-refractivity contribution in [3.63, 3.8) is 0 Å². The zero-order chi connectivity index (χ0) is 12.4. The third kappa shape index (κ3) is 3.11. The minimum Gasteiger partial charge on any atom is -0.378 e. The van der Waals surface area contributed by atoms with E-state index in [4.69, 9.17) is 0 Å². The molecule has 0 saturated heterocycles. The van der Waals surface area contributed by atoms with Crippen molar-refractivity contribution in [2.45, 2.75) is 6.54 Å². The lowest BCUT2D eigenvalue weighted by Crippen LogP contribution is -2.05. The van der Waals surface area contributed by atoms with Gasteiger partial charge in [0.1, 0.15) is 0 Å². The minimum atomic E-state index is 0.731. The van der Waals surface area contributed by atoms with Gasteiger partial charge in [-0.2, -0.15) is 0 Å². The standard InChI is InChI=1S/C11H10Br3N3/c1-17-6-15-4-8(17)5-16-11-9(13)2-7(12)3-10(11)14/h2-4,6,16H,5H2,1H3. The number of rotatable bonds is 3. The fraction of sp³-hybridized carbons (Fsp3) is 0.182. The van der Waals surface area contributed by atoms with Crippen LogP contribution in [0.1, 0.15) is 5.69 Å². The van der Waals surface area contributed by atoms with Crippen molar-refractivity contribution < 1.29 is 0 Å². The van der Waals surface area contributed by atoms with Gasteiger partial charge in [0, 0.05) is 26.7 Å². The molecule has 0 unspecified atom stereocenters. The first-order valence-corrected chi connectivity index (χ1v) is 7.29. The minimum absolute atomic E-state index is 0.731. The van der Waals surface area contributed by atoms with Crippen LogP contribution < -0.4 is 5.32 Å². The van der Waals surface area contributed by atoms with Gasteiger partial charge in [0.25, 0.3) is 0 Å². The molecule has 0 aliphatic heterocycles. The highest BCUT2D eigenvalue weighted by atomic mass is 79.9. The SMILES string of the molecule is Cn1cncc1CNc1c(Br)cc(Br)cc1Br. The normalized spacial score (nSPS) is 10.6. The number of halogens is 3. The van der Waals surface area contributed by atoms with E-state index in [0.717, 1.165) is 31.3 Å². The van der Waals surface area contributed by atoms with Gasteiger partial charge in [-0.15, -0.1) is 0 Å². The molecule has 17 heavy (non-hydrogen) atoms. The van der Waals surface area contributed by atoms with E-state index in [1.54, 1.807) is 6.33 Å². The van der Waals surface area contributed by atoms with Crippen LogP contribution in [0.5, 0.6) is 0 Å². The Morgan fingerprint density at radius 3 is 2.41 bits per heavy atom. The molecule has 2 rings (SSSR count). The van der Waals surface area contributed by atoms with Crippen LogP contribution in [-0.4, -0.2) is 9.55 Å². The molecule has 6 heteroatoms. The van der Waals surface area contributed by atoms with E-state index < -0.39 is 0 Å². The molecule has 0 amide bonds. The van der Waals surface area contributed by atoms with Gasteiger partial charge in [0.15, 0.2) is 0 Å². The summed E-state index contributed by atoms with van der Waals surface area (Å²) in [7, 11) is 1.98. The van der Waals surface area contributed by atoms with E-state index in [1.807, 2.05) is 29.9 Å². The zero-order valence-corrected chi connectivity index (χ0v) is 13.8. The zero-order valence-electron chi connectivity index (χ0n) is 9.04. The van der Waals surface area contributed by atoms with Crippen LogP contribution in [0.2, 0.25) is 0 Å². The van der Waals surface area contributed by atoms with Crippen LogP contribution >= 0.6 is 47.8 Å². The predicted octanol–water partition coefficient (Wildman–Crippen LogP) is 4.32. The van der Waals surface area contributed by atoms with E-state index in [2.05, 4.69) is 58.1 Å². The smallest absolute Gasteiger partial charge is 0.0946 e. The molecule has 1 aromatic carbocycles. The fourth-order valence-corrected chi connectivity index (χ4v) is 3.98. The summed E-state index contributed by atoms with van der Waals surface area (Å²) in [5, 5.41) is 3.38. The first-order valence-electron chi connectivity index (χ1n) is 4.91. The number of nitrogens with one attached hydrogen (secondary N) is 1. The largest absolute Gasteiger partial charge is 0.378 e. The van der Waals surface area contributed by atoms with Crippen molar-refractivity contribution in [2.24, 2.45) is 7.05 Å². The number of aromatic nitrogens is 2. The molecule has 1 heterocycles. The van der Waals surface area contributed by atoms with E-state index >= 15 is 0 Å².